The zero-order valence-electron chi connectivity index (χ0n) is 30.8. The molecule has 0 bridgehead atoms. The van der Waals surface area contributed by atoms with Crippen molar-refractivity contribution < 1.29 is 39.3 Å². The van der Waals surface area contributed by atoms with Crippen LogP contribution < -0.4 is 21.7 Å². The summed E-state index contributed by atoms with van der Waals surface area (Å²) in [6.07, 6.45) is 4.67. The summed E-state index contributed by atoms with van der Waals surface area (Å²) in [4.78, 5) is 67.2. The maximum atomic E-state index is 14.8. The van der Waals surface area contributed by atoms with Gasteiger partial charge in [0.05, 0.1) is 24.0 Å². The Hall–Kier alpha value is -5.09. The number of hydrogen-bond acceptors (Lipinski definition) is 9. The molecule has 16 nitrogen and oxygen atoms in total. The summed E-state index contributed by atoms with van der Waals surface area (Å²) in [6, 6.07) is 9.19. The van der Waals surface area contributed by atoms with Gasteiger partial charge in [-0.2, -0.15) is 0 Å². The van der Waals surface area contributed by atoms with Crippen LogP contribution in [0.2, 0.25) is 0 Å². The van der Waals surface area contributed by atoms with Gasteiger partial charge < -0.3 is 41.9 Å². The second-order valence-corrected chi connectivity index (χ2v) is 15.0. The van der Waals surface area contributed by atoms with Gasteiger partial charge in [0.25, 0.3) is 5.91 Å². The normalized spacial score (nSPS) is 19.5. The number of aromatic nitrogens is 3. The van der Waals surface area contributed by atoms with E-state index in [1.807, 2.05) is 30.3 Å². The lowest BCUT2D eigenvalue weighted by molar-refractivity contribution is -0.141. The topological polar surface area (TPSA) is 242 Å². The second-order valence-electron chi connectivity index (χ2n) is 15.0. The van der Waals surface area contributed by atoms with Crippen molar-refractivity contribution in [2.24, 2.45) is 11.7 Å². The van der Waals surface area contributed by atoms with Gasteiger partial charge in [0.2, 0.25) is 17.7 Å². The predicted molar refractivity (Wildman–Crippen MR) is 198 cm³/mol. The third-order valence-corrected chi connectivity index (χ3v) is 10.5. The molecule has 2 fully saturated rings. The molecule has 0 radical (unpaired) electrons. The average molecular weight is 749 g/mol. The molecule has 2 aliphatic rings. The SMILES string of the molecule is CC(C)(O)c1cnnn1[C@H]1C[C@@H](C(=O)NC(CCCCNC(=O)O)C(O)C(N)=O)N(C(=O)C(CC2CCCCC2)NC(=O)c2ccc3ccccc3c2)C1. The number of carbonyl (C=O) groups is 5. The predicted octanol–water partition coefficient (Wildman–Crippen LogP) is 2.34. The lowest BCUT2D eigenvalue weighted by atomic mass is 9.84. The molecule has 1 aliphatic heterocycles. The van der Waals surface area contributed by atoms with Crippen molar-refractivity contribution in [3.05, 3.63) is 59.9 Å². The molecular weight excluding hydrogens is 696 g/mol. The number of nitrogens with one attached hydrogen (secondary N) is 3. The number of aliphatic hydroxyl groups excluding tert-OH is 1. The quantitative estimate of drug-likeness (QED) is 0.106. The molecule has 1 aliphatic carbocycles. The van der Waals surface area contributed by atoms with E-state index >= 15 is 0 Å². The fourth-order valence-corrected chi connectivity index (χ4v) is 7.66. The Labute approximate surface area is 313 Å². The highest BCUT2D eigenvalue weighted by atomic mass is 16.4. The summed E-state index contributed by atoms with van der Waals surface area (Å²) in [7, 11) is 0. The summed E-state index contributed by atoms with van der Waals surface area (Å²) >= 11 is 0. The lowest BCUT2D eigenvalue weighted by Gasteiger charge is -2.32. The number of amides is 5. The number of nitrogens with two attached hydrogens (primary N) is 1. The Balaban J connectivity index is 1.44. The summed E-state index contributed by atoms with van der Waals surface area (Å²) in [5.74, 6) is -2.41. The van der Waals surface area contributed by atoms with Crippen molar-refractivity contribution in [2.75, 3.05) is 13.1 Å². The third kappa shape index (κ3) is 10.1. The first-order valence-corrected chi connectivity index (χ1v) is 18.7. The number of carboxylic acid groups (broad SMARTS) is 1. The summed E-state index contributed by atoms with van der Waals surface area (Å²) < 4.78 is 1.50. The van der Waals surface area contributed by atoms with Crippen LogP contribution in [-0.4, -0.2) is 102 Å². The fourth-order valence-electron chi connectivity index (χ4n) is 7.66. The van der Waals surface area contributed by atoms with Crippen LogP contribution in [-0.2, 0) is 20.0 Å². The Morgan fingerprint density at radius 1 is 1.00 bits per heavy atom. The van der Waals surface area contributed by atoms with Crippen molar-refractivity contribution in [1.29, 1.82) is 0 Å². The van der Waals surface area contributed by atoms with Gasteiger partial charge >= 0.3 is 6.09 Å². The Morgan fingerprint density at radius 2 is 1.72 bits per heavy atom. The van der Waals surface area contributed by atoms with Crippen LogP contribution in [0.5, 0.6) is 0 Å². The number of primary amides is 1. The monoisotopic (exact) mass is 748 g/mol. The number of carbonyl (C=O) groups excluding carboxylic acids is 4. The van der Waals surface area contributed by atoms with Gasteiger partial charge in [0, 0.05) is 25.1 Å². The minimum absolute atomic E-state index is 0.000267. The number of benzene rings is 2. The molecule has 1 saturated carbocycles. The molecule has 0 spiro atoms. The van der Waals surface area contributed by atoms with E-state index in [9.17, 15) is 34.2 Å². The van der Waals surface area contributed by atoms with Gasteiger partial charge in [-0.05, 0) is 68.4 Å². The number of fused-ring (bicyclic) bond motifs is 1. The number of unbranched alkanes of at least 4 members (excludes halogenated alkanes) is 1. The maximum Gasteiger partial charge on any atom is 0.404 e. The van der Waals surface area contributed by atoms with E-state index in [4.69, 9.17) is 10.8 Å². The van der Waals surface area contributed by atoms with E-state index in [1.165, 1.54) is 15.8 Å². The van der Waals surface area contributed by atoms with Gasteiger partial charge in [0.1, 0.15) is 17.7 Å². The minimum atomic E-state index is -1.75. The van der Waals surface area contributed by atoms with Gasteiger partial charge in [0.15, 0.2) is 6.10 Å². The van der Waals surface area contributed by atoms with Crippen LogP contribution >= 0.6 is 0 Å². The van der Waals surface area contributed by atoms with Crippen LogP contribution in [0.3, 0.4) is 0 Å². The van der Waals surface area contributed by atoms with Crippen molar-refractivity contribution in [3.8, 4) is 0 Å². The molecule has 2 aromatic carbocycles. The molecular formula is C38H52N8O8. The van der Waals surface area contributed by atoms with Crippen molar-refractivity contribution >= 4 is 40.5 Å². The van der Waals surface area contributed by atoms with Crippen LogP contribution in [0.25, 0.3) is 10.8 Å². The van der Waals surface area contributed by atoms with Gasteiger partial charge in [-0.1, -0.05) is 67.6 Å². The van der Waals surface area contributed by atoms with Crippen molar-refractivity contribution in [3.63, 3.8) is 0 Å². The van der Waals surface area contributed by atoms with Crippen molar-refractivity contribution in [2.45, 2.75) is 114 Å². The highest BCUT2D eigenvalue weighted by Gasteiger charge is 2.45. The van der Waals surface area contributed by atoms with Crippen LogP contribution in [0, 0.1) is 5.92 Å². The minimum Gasteiger partial charge on any atom is -0.465 e. The highest BCUT2D eigenvalue weighted by Crippen LogP contribution is 2.34. The summed E-state index contributed by atoms with van der Waals surface area (Å²) in [5.41, 5.74) is 4.85. The van der Waals surface area contributed by atoms with E-state index in [1.54, 1.807) is 26.0 Å². The molecule has 16 heteroatoms. The number of nitrogens with zero attached hydrogens (tertiary/aromatic N) is 4. The zero-order chi connectivity index (χ0) is 39.0. The molecule has 5 rings (SSSR count). The molecule has 3 unspecified atom stereocenters. The first-order chi connectivity index (χ1) is 25.7. The number of rotatable bonds is 16. The molecule has 1 saturated heterocycles. The van der Waals surface area contributed by atoms with E-state index in [-0.39, 0.29) is 31.8 Å². The Bertz CT molecular complexity index is 1800. The van der Waals surface area contributed by atoms with E-state index in [2.05, 4.69) is 26.3 Å². The Kier molecular flexibility index (Phi) is 13.2. The zero-order valence-corrected chi connectivity index (χ0v) is 30.8. The van der Waals surface area contributed by atoms with Crippen LogP contribution in [0.15, 0.2) is 48.7 Å². The number of likely N-dealkylation sites (tertiary alicyclic amines) is 1. The molecule has 54 heavy (non-hydrogen) atoms. The number of aliphatic hydroxyl groups is 2. The van der Waals surface area contributed by atoms with Crippen LogP contribution in [0.4, 0.5) is 4.79 Å². The van der Waals surface area contributed by atoms with Crippen LogP contribution in [0.1, 0.15) is 100 Å². The summed E-state index contributed by atoms with van der Waals surface area (Å²) in [5, 5.41) is 48.5. The van der Waals surface area contributed by atoms with Gasteiger partial charge in [-0.3, -0.25) is 19.2 Å². The second kappa shape index (κ2) is 17.8. The molecule has 3 aromatic rings. The third-order valence-electron chi connectivity index (χ3n) is 10.5. The fraction of sp³-hybridized carbons (Fsp3) is 0.553. The maximum absolute atomic E-state index is 14.8. The molecule has 1 aromatic heterocycles. The van der Waals surface area contributed by atoms with E-state index in [0.29, 0.717) is 30.5 Å². The first-order valence-electron chi connectivity index (χ1n) is 18.7. The standard InChI is InChI=1S/C38H52N8O8/c1-38(2,54)31-21-41-44-46(31)27-20-30(35(50)42-28(32(47)33(39)48)14-8-9-17-40-37(52)53)45(22-27)36(51)29(18-23-10-4-3-5-11-23)43-34(49)26-16-15-24-12-6-7-13-25(24)19-26/h6-7,12-13,15-16,19,21,23,27-30,32,40,47,54H,3-5,8-11,14,17-18,20,22H2,1-2H3,(H2,39,48)(H,42,50)(H,43,49)(H,52,53)/t27-,28?,29?,30-,32?/m0/s1. The average Bonchev–Trinajstić information content (AvgIpc) is 3.82. The summed E-state index contributed by atoms with van der Waals surface area (Å²) in [6.45, 7) is 3.29. The lowest BCUT2D eigenvalue weighted by Crippen LogP contribution is -2.57. The van der Waals surface area contributed by atoms with Gasteiger partial charge in [-0.15, -0.1) is 5.10 Å². The van der Waals surface area contributed by atoms with Crippen molar-refractivity contribution in [1.82, 2.24) is 35.8 Å². The first kappa shape index (κ1) is 40.1. The largest absolute Gasteiger partial charge is 0.465 e. The highest BCUT2D eigenvalue weighted by molar-refractivity contribution is 6.01. The smallest absolute Gasteiger partial charge is 0.404 e. The Morgan fingerprint density at radius 3 is 2.41 bits per heavy atom. The molecule has 8 N–H and O–H groups in total. The molecule has 2 heterocycles. The molecule has 5 amide bonds. The molecule has 292 valence electrons. The van der Waals surface area contributed by atoms with E-state index < -0.39 is 65.6 Å². The molecule has 5 atom stereocenters. The number of hydrogen-bond donors (Lipinski definition) is 7. The van der Waals surface area contributed by atoms with Gasteiger partial charge in [-0.25, -0.2) is 9.48 Å². The van der Waals surface area contributed by atoms with E-state index in [0.717, 1.165) is 42.9 Å².